The molecule has 1 fully saturated rings. The van der Waals surface area contributed by atoms with E-state index in [1.807, 2.05) is 48.5 Å². The van der Waals surface area contributed by atoms with Crippen LogP contribution in [-0.2, 0) is 6.42 Å². The van der Waals surface area contributed by atoms with Crippen LogP contribution in [0.15, 0.2) is 71.8 Å². The number of hydrogen-bond acceptors (Lipinski definition) is 4. The molecule has 0 atom stereocenters. The first-order chi connectivity index (χ1) is 14.6. The second-order valence-corrected chi connectivity index (χ2v) is 7.61. The summed E-state index contributed by atoms with van der Waals surface area (Å²) in [5, 5.41) is 9.64. The van der Waals surface area contributed by atoms with Crippen molar-refractivity contribution in [2.45, 2.75) is 25.2 Å². The molecule has 2 aromatic carbocycles. The first-order valence-electron chi connectivity index (χ1n) is 9.88. The number of carboxylic acids is 1. The highest BCUT2D eigenvalue weighted by molar-refractivity contribution is 5.89. The van der Waals surface area contributed by atoms with Crippen molar-refractivity contribution in [3.05, 3.63) is 99.7 Å². The Bertz CT molecular complexity index is 1320. The molecule has 1 aliphatic rings. The van der Waals surface area contributed by atoms with Gasteiger partial charge in [-0.2, -0.15) is 0 Å². The van der Waals surface area contributed by atoms with Gasteiger partial charge in [0.25, 0.3) is 5.56 Å². The van der Waals surface area contributed by atoms with E-state index in [-0.39, 0.29) is 11.1 Å². The van der Waals surface area contributed by atoms with Gasteiger partial charge >= 0.3 is 5.97 Å². The molecule has 0 amide bonds. The normalized spacial score (nSPS) is 13.5. The van der Waals surface area contributed by atoms with Gasteiger partial charge in [-0.1, -0.05) is 24.3 Å². The number of nitrogens with zero attached hydrogens (tertiary/aromatic N) is 3. The first-order valence-corrected chi connectivity index (χ1v) is 9.88. The molecule has 1 aliphatic carbocycles. The van der Waals surface area contributed by atoms with Gasteiger partial charge in [-0.25, -0.2) is 9.78 Å². The molecule has 6 heteroatoms. The lowest BCUT2D eigenvalue weighted by atomic mass is 10.0. The van der Waals surface area contributed by atoms with Gasteiger partial charge in [0, 0.05) is 18.3 Å². The number of aromatic carboxylic acids is 1. The molecule has 0 radical (unpaired) electrons. The van der Waals surface area contributed by atoms with E-state index in [4.69, 9.17) is 0 Å². The van der Waals surface area contributed by atoms with E-state index in [2.05, 4.69) is 9.97 Å². The highest BCUT2D eigenvalue weighted by atomic mass is 16.4. The van der Waals surface area contributed by atoms with Crippen molar-refractivity contribution >= 4 is 17.0 Å². The van der Waals surface area contributed by atoms with Crippen molar-refractivity contribution in [2.24, 2.45) is 0 Å². The summed E-state index contributed by atoms with van der Waals surface area (Å²) in [7, 11) is 0. The lowest BCUT2D eigenvalue weighted by molar-refractivity contribution is 0.0695. The van der Waals surface area contributed by atoms with E-state index in [0.29, 0.717) is 29.1 Å². The summed E-state index contributed by atoms with van der Waals surface area (Å²) in [4.78, 5) is 33.0. The van der Waals surface area contributed by atoms with Crippen LogP contribution in [0.1, 0.15) is 45.9 Å². The van der Waals surface area contributed by atoms with Gasteiger partial charge in [0.15, 0.2) is 0 Å². The number of para-hydroxylation sites is 1. The highest BCUT2D eigenvalue weighted by Crippen LogP contribution is 2.40. The maximum atomic E-state index is 12.4. The number of hydrogen-bond donors (Lipinski definition) is 1. The monoisotopic (exact) mass is 397 g/mol. The third-order valence-electron chi connectivity index (χ3n) is 5.47. The number of fused-ring (bicyclic) bond motifs is 1. The number of aromatic nitrogens is 3. The van der Waals surface area contributed by atoms with Crippen LogP contribution in [0.4, 0.5) is 0 Å². The Labute approximate surface area is 172 Å². The minimum atomic E-state index is -0.961. The van der Waals surface area contributed by atoms with E-state index >= 15 is 0 Å². The molecule has 1 saturated carbocycles. The number of rotatable bonds is 5. The molecule has 0 spiro atoms. The van der Waals surface area contributed by atoms with Gasteiger partial charge < -0.3 is 5.11 Å². The van der Waals surface area contributed by atoms with Crippen LogP contribution in [0.5, 0.6) is 0 Å². The maximum Gasteiger partial charge on any atom is 0.337 e. The molecule has 2 aromatic heterocycles. The van der Waals surface area contributed by atoms with Gasteiger partial charge in [0.05, 0.1) is 28.5 Å². The molecule has 0 unspecified atom stereocenters. The standard InChI is InChI=1S/C24H19N3O3/c28-23-14-26-21-11-15(6-9-22(21)27(23)18-4-2-1-3-5-18)10-20-19(24(29)30)12-17(13-25-20)16-7-8-16/h1-6,9,11-14,16H,7-8,10H2,(H,29,30). The van der Waals surface area contributed by atoms with Crippen LogP contribution in [0.2, 0.25) is 0 Å². The summed E-state index contributed by atoms with van der Waals surface area (Å²) in [5.41, 5.74) is 4.62. The van der Waals surface area contributed by atoms with Gasteiger partial charge in [0.2, 0.25) is 0 Å². The average molecular weight is 397 g/mol. The fourth-order valence-electron chi connectivity index (χ4n) is 3.78. The van der Waals surface area contributed by atoms with Crippen molar-refractivity contribution in [3.63, 3.8) is 0 Å². The van der Waals surface area contributed by atoms with Crippen molar-refractivity contribution in [2.75, 3.05) is 0 Å². The number of carboxylic acid groups (broad SMARTS) is 1. The molecule has 5 rings (SSSR count). The van der Waals surface area contributed by atoms with Gasteiger partial charge in [-0.05, 0) is 60.2 Å². The summed E-state index contributed by atoms with van der Waals surface area (Å²) in [5.74, 6) is -0.513. The summed E-state index contributed by atoms with van der Waals surface area (Å²) in [6.45, 7) is 0. The number of carbonyl (C=O) groups is 1. The van der Waals surface area contributed by atoms with Crippen LogP contribution in [-0.4, -0.2) is 25.6 Å². The van der Waals surface area contributed by atoms with Crippen LogP contribution in [0, 0.1) is 0 Å². The quantitative estimate of drug-likeness (QED) is 0.551. The molecule has 148 valence electrons. The Hall–Kier alpha value is -3.80. The predicted octanol–water partition coefficient (Wildman–Crippen LogP) is 3.95. The molecule has 0 bridgehead atoms. The number of pyridine rings is 1. The van der Waals surface area contributed by atoms with E-state index in [0.717, 1.165) is 29.7 Å². The Morgan fingerprint density at radius 1 is 1.03 bits per heavy atom. The van der Waals surface area contributed by atoms with Crippen molar-refractivity contribution < 1.29 is 9.90 Å². The lowest BCUT2D eigenvalue weighted by Crippen LogP contribution is -2.18. The van der Waals surface area contributed by atoms with Gasteiger partial charge in [-0.3, -0.25) is 14.3 Å². The zero-order valence-corrected chi connectivity index (χ0v) is 16.2. The second-order valence-electron chi connectivity index (χ2n) is 7.61. The third kappa shape index (κ3) is 3.37. The zero-order chi connectivity index (χ0) is 20.7. The molecule has 6 nitrogen and oxygen atoms in total. The summed E-state index contributed by atoms with van der Waals surface area (Å²) >= 11 is 0. The molecule has 30 heavy (non-hydrogen) atoms. The average Bonchev–Trinajstić information content (AvgIpc) is 3.60. The zero-order valence-electron chi connectivity index (χ0n) is 16.2. The first kappa shape index (κ1) is 18.2. The Morgan fingerprint density at radius 2 is 1.83 bits per heavy atom. The van der Waals surface area contributed by atoms with E-state index < -0.39 is 5.97 Å². The number of benzene rings is 2. The minimum absolute atomic E-state index is 0.202. The maximum absolute atomic E-state index is 12.4. The van der Waals surface area contributed by atoms with Crippen LogP contribution in [0.25, 0.3) is 16.7 Å². The Morgan fingerprint density at radius 3 is 2.57 bits per heavy atom. The van der Waals surface area contributed by atoms with Crippen LogP contribution < -0.4 is 5.56 Å². The smallest absolute Gasteiger partial charge is 0.337 e. The fourth-order valence-corrected chi connectivity index (χ4v) is 3.78. The molecule has 4 aromatic rings. The fraction of sp³-hybridized carbons (Fsp3) is 0.167. The van der Waals surface area contributed by atoms with Crippen molar-refractivity contribution in [1.82, 2.24) is 14.5 Å². The molecule has 0 saturated heterocycles. The Balaban J connectivity index is 1.55. The molecule has 1 N–H and O–H groups in total. The van der Waals surface area contributed by atoms with Gasteiger partial charge in [-0.15, -0.1) is 0 Å². The van der Waals surface area contributed by atoms with Crippen LogP contribution >= 0.6 is 0 Å². The summed E-state index contributed by atoms with van der Waals surface area (Å²) < 4.78 is 1.62. The molecular weight excluding hydrogens is 378 g/mol. The molecular formula is C24H19N3O3. The molecule has 2 heterocycles. The van der Waals surface area contributed by atoms with Crippen molar-refractivity contribution in [3.8, 4) is 5.69 Å². The van der Waals surface area contributed by atoms with Crippen molar-refractivity contribution in [1.29, 1.82) is 0 Å². The summed E-state index contributed by atoms with van der Waals surface area (Å²) in [6.07, 6.45) is 5.68. The van der Waals surface area contributed by atoms with E-state index in [1.165, 1.54) is 6.20 Å². The second kappa shape index (κ2) is 7.22. The predicted molar refractivity (Wildman–Crippen MR) is 113 cm³/mol. The summed E-state index contributed by atoms with van der Waals surface area (Å²) in [6, 6.07) is 16.8. The largest absolute Gasteiger partial charge is 0.478 e. The molecule has 0 aliphatic heterocycles. The SMILES string of the molecule is O=C(O)c1cc(C2CC2)cnc1Cc1ccc2c(c1)ncc(=O)n2-c1ccccc1. The third-order valence-corrected chi connectivity index (χ3v) is 5.47. The Kier molecular flexibility index (Phi) is 4.39. The van der Waals surface area contributed by atoms with E-state index in [9.17, 15) is 14.7 Å². The van der Waals surface area contributed by atoms with Gasteiger partial charge in [0.1, 0.15) is 0 Å². The van der Waals surface area contributed by atoms with E-state index in [1.54, 1.807) is 16.8 Å². The lowest BCUT2D eigenvalue weighted by Gasteiger charge is -2.11. The highest BCUT2D eigenvalue weighted by Gasteiger charge is 2.25. The van der Waals surface area contributed by atoms with Crippen LogP contribution in [0.3, 0.4) is 0 Å². The minimum Gasteiger partial charge on any atom is -0.478 e. The topological polar surface area (TPSA) is 85.1 Å².